The van der Waals surface area contributed by atoms with Crippen molar-refractivity contribution in [2.24, 2.45) is 7.05 Å². The van der Waals surface area contributed by atoms with E-state index in [1.807, 2.05) is 0 Å². The van der Waals surface area contributed by atoms with Crippen LogP contribution < -0.4 is 10.6 Å². The number of aryl methyl sites for hydroxylation is 2. The SMILES string of the molecule is CNC(=O)C(NC(=O)c1cn(C)nc1C(F)(F)F)C(O)c1cccc(C)n1. The van der Waals surface area contributed by atoms with Gasteiger partial charge in [-0.25, -0.2) is 0 Å². The van der Waals surface area contributed by atoms with Crippen LogP contribution in [0.15, 0.2) is 24.4 Å². The van der Waals surface area contributed by atoms with Crippen LogP contribution in [-0.4, -0.2) is 44.8 Å². The van der Waals surface area contributed by atoms with Crippen molar-refractivity contribution in [2.45, 2.75) is 25.2 Å². The highest BCUT2D eigenvalue weighted by atomic mass is 19.4. The number of halogens is 3. The third kappa shape index (κ3) is 4.61. The maximum Gasteiger partial charge on any atom is 0.435 e. The van der Waals surface area contributed by atoms with E-state index in [1.54, 1.807) is 19.1 Å². The van der Waals surface area contributed by atoms with E-state index in [9.17, 15) is 27.9 Å². The summed E-state index contributed by atoms with van der Waals surface area (Å²) >= 11 is 0. The number of nitrogens with zero attached hydrogens (tertiary/aromatic N) is 3. The van der Waals surface area contributed by atoms with Crippen molar-refractivity contribution in [2.75, 3.05) is 7.05 Å². The molecule has 27 heavy (non-hydrogen) atoms. The molecule has 2 amide bonds. The monoisotopic (exact) mass is 385 g/mol. The Morgan fingerprint density at radius 2 is 1.96 bits per heavy atom. The molecule has 0 aliphatic carbocycles. The van der Waals surface area contributed by atoms with E-state index in [0.29, 0.717) is 5.69 Å². The zero-order valence-corrected chi connectivity index (χ0v) is 14.7. The van der Waals surface area contributed by atoms with Gasteiger partial charge in [-0.05, 0) is 19.1 Å². The smallest absolute Gasteiger partial charge is 0.384 e. The van der Waals surface area contributed by atoms with E-state index in [0.717, 1.165) is 10.9 Å². The molecule has 2 rings (SSSR count). The van der Waals surface area contributed by atoms with Crippen molar-refractivity contribution in [3.8, 4) is 0 Å². The molecule has 0 bridgehead atoms. The molecule has 2 aromatic rings. The number of pyridine rings is 1. The minimum absolute atomic E-state index is 0.0890. The number of amides is 2. The van der Waals surface area contributed by atoms with Gasteiger partial charge in [0.1, 0.15) is 12.1 Å². The topological polar surface area (TPSA) is 109 Å². The van der Waals surface area contributed by atoms with E-state index in [4.69, 9.17) is 0 Å². The van der Waals surface area contributed by atoms with Gasteiger partial charge in [-0.3, -0.25) is 19.3 Å². The average Bonchev–Trinajstić information content (AvgIpc) is 3.00. The number of hydrogen-bond donors (Lipinski definition) is 3. The number of hydrogen-bond acceptors (Lipinski definition) is 5. The van der Waals surface area contributed by atoms with Crippen molar-refractivity contribution in [1.29, 1.82) is 0 Å². The molecule has 2 heterocycles. The zero-order valence-electron chi connectivity index (χ0n) is 14.7. The molecule has 3 N–H and O–H groups in total. The molecule has 0 spiro atoms. The molecule has 2 aromatic heterocycles. The van der Waals surface area contributed by atoms with Gasteiger partial charge in [0.25, 0.3) is 5.91 Å². The molecule has 0 radical (unpaired) electrons. The lowest BCUT2D eigenvalue weighted by atomic mass is 10.0. The fraction of sp³-hybridized carbons (Fsp3) is 0.375. The minimum Gasteiger partial charge on any atom is -0.384 e. The van der Waals surface area contributed by atoms with E-state index in [1.165, 1.54) is 20.2 Å². The molecule has 11 heteroatoms. The van der Waals surface area contributed by atoms with E-state index >= 15 is 0 Å². The van der Waals surface area contributed by atoms with Gasteiger partial charge in [0.05, 0.1) is 11.3 Å². The summed E-state index contributed by atoms with van der Waals surface area (Å²) in [6, 6.07) is 3.13. The molecule has 0 aliphatic heterocycles. The Bertz CT molecular complexity index is 850. The fourth-order valence-corrected chi connectivity index (χ4v) is 2.43. The maximum absolute atomic E-state index is 13.1. The number of alkyl halides is 3. The van der Waals surface area contributed by atoms with Crippen LogP contribution in [0.1, 0.15) is 33.5 Å². The highest BCUT2D eigenvalue weighted by molar-refractivity contribution is 5.98. The van der Waals surface area contributed by atoms with E-state index in [-0.39, 0.29) is 5.69 Å². The van der Waals surface area contributed by atoms with Crippen molar-refractivity contribution >= 4 is 11.8 Å². The summed E-state index contributed by atoms with van der Waals surface area (Å²) in [5.41, 5.74) is -1.50. The van der Waals surface area contributed by atoms with Crippen molar-refractivity contribution in [3.05, 3.63) is 47.0 Å². The Labute approximate surface area is 152 Å². The summed E-state index contributed by atoms with van der Waals surface area (Å²) in [4.78, 5) is 28.6. The van der Waals surface area contributed by atoms with Crippen LogP contribution in [0.25, 0.3) is 0 Å². The molecule has 0 saturated carbocycles. The summed E-state index contributed by atoms with van der Waals surface area (Å²) in [6.45, 7) is 1.66. The largest absolute Gasteiger partial charge is 0.435 e. The molecule has 0 aliphatic rings. The van der Waals surface area contributed by atoms with E-state index in [2.05, 4.69) is 20.7 Å². The van der Waals surface area contributed by atoms with Crippen LogP contribution in [-0.2, 0) is 18.0 Å². The van der Waals surface area contributed by atoms with Gasteiger partial charge in [0.15, 0.2) is 5.69 Å². The fourth-order valence-electron chi connectivity index (χ4n) is 2.43. The zero-order chi connectivity index (χ0) is 20.4. The van der Waals surface area contributed by atoms with Crippen molar-refractivity contribution in [3.63, 3.8) is 0 Å². The molecule has 146 valence electrons. The maximum atomic E-state index is 13.1. The number of likely N-dealkylation sites (N-methyl/N-ethyl adjacent to an activating group) is 1. The molecule has 0 aromatic carbocycles. The third-order valence-corrected chi connectivity index (χ3v) is 3.69. The first-order valence-electron chi connectivity index (χ1n) is 7.79. The van der Waals surface area contributed by atoms with Crippen molar-refractivity contribution in [1.82, 2.24) is 25.4 Å². The Morgan fingerprint density at radius 1 is 1.30 bits per heavy atom. The van der Waals surface area contributed by atoms with Crippen LogP contribution in [0.3, 0.4) is 0 Å². The van der Waals surface area contributed by atoms with Gasteiger partial charge in [-0.1, -0.05) is 6.07 Å². The first-order chi connectivity index (χ1) is 12.5. The predicted molar refractivity (Wildman–Crippen MR) is 87.5 cm³/mol. The van der Waals surface area contributed by atoms with Gasteiger partial charge in [-0.2, -0.15) is 18.3 Å². The highest BCUT2D eigenvalue weighted by Gasteiger charge is 2.40. The third-order valence-electron chi connectivity index (χ3n) is 3.69. The summed E-state index contributed by atoms with van der Waals surface area (Å²) in [5.74, 6) is -1.99. The number of rotatable bonds is 5. The Balaban J connectivity index is 2.35. The van der Waals surface area contributed by atoms with Gasteiger partial charge in [0.2, 0.25) is 5.91 Å². The first-order valence-corrected chi connectivity index (χ1v) is 7.79. The van der Waals surface area contributed by atoms with Gasteiger partial charge in [0, 0.05) is 26.0 Å². The predicted octanol–water partition coefficient (Wildman–Crippen LogP) is 0.720. The van der Waals surface area contributed by atoms with Crippen LogP contribution >= 0.6 is 0 Å². The lowest BCUT2D eigenvalue weighted by Gasteiger charge is -2.22. The molecule has 8 nitrogen and oxygen atoms in total. The van der Waals surface area contributed by atoms with Crippen molar-refractivity contribution < 1.29 is 27.9 Å². The summed E-state index contributed by atoms with van der Waals surface area (Å²) in [7, 11) is 2.50. The molecule has 0 saturated heterocycles. The van der Waals surface area contributed by atoms with Gasteiger partial charge < -0.3 is 15.7 Å². The number of nitrogens with one attached hydrogen (secondary N) is 2. The number of carbonyl (C=O) groups excluding carboxylic acids is 2. The van der Waals surface area contributed by atoms with Crippen LogP contribution in [0.5, 0.6) is 0 Å². The summed E-state index contributed by atoms with van der Waals surface area (Å²) in [6.07, 6.45) is -5.54. The molecule has 2 atom stereocenters. The summed E-state index contributed by atoms with van der Waals surface area (Å²) in [5, 5.41) is 18.1. The van der Waals surface area contributed by atoms with Crippen LogP contribution in [0, 0.1) is 6.92 Å². The molecule has 0 fully saturated rings. The minimum atomic E-state index is -4.85. The summed E-state index contributed by atoms with van der Waals surface area (Å²) < 4.78 is 40.0. The standard InChI is InChI=1S/C16H18F3N5O3/c1-8-5-4-6-10(21-8)12(25)11(15(27)20-2)22-14(26)9-7-24(3)23-13(9)16(17,18)19/h4-7,11-12,25H,1-3H3,(H,20,27)(H,22,26). The Morgan fingerprint density at radius 3 is 2.52 bits per heavy atom. The lowest BCUT2D eigenvalue weighted by Crippen LogP contribution is -2.49. The van der Waals surface area contributed by atoms with Crippen LogP contribution in [0.2, 0.25) is 0 Å². The Kier molecular flexibility index (Phi) is 5.84. The van der Waals surface area contributed by atoms with Crippen LogP contribution in [0.4, 0.5) is 13.2 Å². The quantitative estimate of drug-likeness (QED) is 0.703. The van der Waals surface area contributed by atoms with Gasteiger partial charge in [-0.15, -0.1) is 0 Å². The molecule has 2 unspecified atom stereocenters. The Hall–Kier alpha value is -2.95. The number of aliphatic hydroxyl groups excluding tert-OH is 1. The normalized spacial score (nSPS) is 13.7. The first kappa shape index (κ1) is 20.4. The van der Waals surface area contributed by atoms with Gasteiger partial charge >= 0.3 is 6.18 Å². The second kappa shape index (κ2) is 7.74. The van der Waals surface area contributed by atoms with E-state index < -0.39 is 41.4 Å². The number of aromatic nitrogens is 3. The molecular formula is C16H18F3N5O3. The lowest BCUT2D eigenvalue weighted by molar-refractivity contribution is -0.141. The number of aliphatic hydroxyl groups is 1. The molecular weight excluding hydrogens is 367 g/mol. The average molecular weight is 385 g/mol. The highest BCUT2D eigenvalue weighted by Crippen LogP contribution is 2.30. The number of carbonyl (C=O) groups is 2. The second-order valence-corrected chi connectivity index (χ2v) is 5.78. The second-order valence-electron chi connectivity index (χ2n) is 5.78.